The summed E-state index contributed by atoms with van der Waals surface area (Å²) in [5, 5.41) is 9.68. The SMILES string of the molecule is C/C=C1/CC(S(=O)(=O)Cc2nn(C)nc2C(F)(F)F)=NO1. The Balaban J connectivity index is 2.30. The monoisotopic (exact) mass is 324 g/mol. The zero-order chi connectivity index (χ0) is 15.8. The average Bonchev–Trinajstić information content (AvgIpc) is 2.94. The summed E-state index contributed by atoms with van der Waals surface area (Å²) >= 11 is 0. The second kappa shape index (κ2) is 5.13. The maximum absolute atomic E-state index is 12.8. The van der Waals surface area contributed by atoms with Crippen LogP contribution in [-0.2, 0) is 33.7 Å². The van der Waals surface area contributed by atoms with Gasteiger partial charge in [-0.2, -0.15) is 23.1 Å². The van der Waals surface area contributed by atoms with Gasteiger partial charge in [0.2, 0.25) is 9.84 Å². The molecule has 0 saturated carbocycles. The highest BCUT2D eigenvalue weighted by atomic mass is 32.2. The van der Waals surface area contributed by atoms with E-state index in [-0.39, 0.29) is 11.5 Å². The smallest absolute Gasteiger partial charge is 0.360 e. The van der Waals surface area contributed by atoms with Crippen molar-refractivity contribution in [2.45, 2.75) is 25.3 Å². The fourth-order valence-electron chi connectivity index (χ4n) is 1.67. The number of hydrogen-bond donors (Lipinski definition) is 0. The third-order valence-corrected chi connectivity index (χ3v) is 4.24. The number of hydrogen-bond acceptors (Lipinski definition) is 6. The van der Waals surface area contributed by atoms with Gasteiger partial charge in [0.25, 0.3) is 0 Å². The highest BCUT2D eigenvalue weighted by Crippen LogP contribution is 2.31. The topological polar surface area (TPSA) is 86.4 Å². The van der Waals surface area contributed by atoms with E-state index in [1.165, 1.54) is 13.1 Å². The molecular formula is C10H11F3N4O3S. The molecule has 1 aromatic heterocycles. The van der Waals surface area contributed by atoms with Gasteiger partial charge in [-0.25, -0.2) is 8.42 Å². The van der Waals surface area contributed by atoms with Crippen LogP contribution in [0.1, 0.15) is 24.7 Å². The number of sulfone groups is 1. The maximum Gasteiger partial charge on any atom is 0.437 e. The van der Waals surface area contributed by atoms with Gasteiger partial charge in [-0.1, -0.05) is 5.16 Å². The molecular weight excluding hydrogens is 313 g/mol. The summed E-state index contributed by atoms with van der Waals surface area (Å²) < 4.78 is 62.4. The lowest BCUT2D eigenvalue weighted by atomic mass is 10.3. The van der Waals surface area contributed by atoms with Gasteiger partial charge >= 0.3 is 6.18 Å². The van der Waals surface area contributed by atoms with Crippen LogP contribution in [-0.4, -0.2) is 28.5 Å². The zero-order valence-electron chi connectivity index (χ0n) is 11.0. The molecule has 116 valence electrons. The van der Waals surface area contributed by atoms with Crippen molar-refractivity contribution < 1.29 is 26.4 Å². The standard InChI is InChI=1S/C10H11F3N4O3S/c1-3-6-4-8(16-20-6)21(18,19)5-7-9(10(11,12)13)15-17(2)14-7/h3H,4-5H2,1-2H3/b6-3-. The second-order valence-corrected chi connectivity index (χ2v) is 6.24. The lowest BCUT2D eigenvalue weighted by molar-refractivity contribution is -0.141. The Hall–Kier alpha value is -1.91. The first kappa shape index (κ1) is 15.5. The Morgan fingerprint density at radius 3 is 2.57 bits per heavy atom. The quantitative estimate of drug-likeness (QED) is 0.820. The van der Waals surface area contributed by atoms with Gasteiger partial charge in [-0.15, -0.1) is 5.10 Å². The van der Waals surface area contributed by atoms with Crippen LogP contribution in [0.15, 0.2) is 17.0 Å². The van der Waals surface area contributed by atoms with Gasteiger partial charge in [0, 0.05) is 7.05 Å². The zero-order valence-corrected chi connectivity index (χ0v) is 11.9. The minimum Gasteiger partial charge on any atom is -0.360 e. The van der Waals surface area contributed by atoms with Gasteiger partial charge < -0.3 is 4.84 Å². The van der Waals surface area contributed by atoms with Crippen molar-refractivity contribution in [1.82, 2.24) is 15.0 Å². The summed E-state index contributed by atoms with van der Waals surface area (Å²) in [5.74, 6) is -0.613. The summed E-state index contributed by atoms with van der Waals surface area (Å²) in [4.78, 5) is 5.43. The van der Waals surface area contributed by atoms with Crippen LogP contribution in [0.4, 0.5) is 13.2 Å². The number of rotatable bonds is 2. The van der Waals surface area contributed by atoms with Crippen molar-refractivity contribution in [2.24, 2.45) is 12.2 Å². The number of halogens is 3. The van der Waals surface area contributed by atoms with Gasteiger partial charge in [0.15, 0.2) is 10.7 Å². The molecule has 0 amide bonds. The van der Waals surface area contributed by atoms with E-state index in [9.17, 15) is 21.6 Å². The highest BCUT2D eigenvalue weighted by Gasteiger charge is 2.40. The molecule has 0 saturated heterocycles. The molecule has 0 fully saturated rings. The summed E-state index contributed by atoms with van der Waals surface area (Å²) in [6.07, 6.45) is -3.34. The normalized spacial score (nSPS) is 18.0. The highest BCUT2D eigenvalue weighted by molar-refractivity contribution is 8.05. The van der Waals surface area contributed by atoms with Crippen LogP contribution in [0.3, 0.4) is 0 Å². The summed E-state index contributed by atoms with van der Waals surface area (Å²) in [6, 6.07) is 0. The van der Waals surface area contributed by atoms with Crippen LogP contribution in [0.2, 0.25) is 0 Å². The molecule has 21 heavy (non-hydrogen) atoms. The molecule has 0 spiro atoms. The van der Waals surface area contributed by atoms with E-state index in [1.807, 2.05) is 0 Å². The molecule has 2 rings (SSSR count). The number of aryl methyl sites for hydroxylation is 1. The molecule has 0 atom stereocenters. The van der Waals surface area contributed by atoms with Crippen molar-refractivity contribution in [3.8, 4) is 0 Å². The first-order chi connectivity index (χ1) is 9.63. The van der Waals surface area contributed by atoms with E-state index in [0.717, 1.165) is 0 Å². The molecule has 0 bridgehead atoms. The molecule has 1 aliphatic rings. The summed E-state index contributed by atoms with van der Waals surface area (Å²) in [7, 11) is -2.88. The van der Waals surface area contributed by atoms with Crippen LogP contribution in [0, 0.1) is 0 Å². The molecule has 0 N–H and O–H groups in total. The molecule has 1 aromatic rings. The maximum atomic E-state index is 12.8. The van der Waals surface area contributed by atoms with Crippen LogP contribution in [0.25, 0.3) is 0 Å². The van der Waals surface area contributed by atoms with Gasteiger partial charge in [0.1, 0.15) is 17.2 Å². The van der Waals surface area contributed by atoms with Crippen molar-refractivity contribution in [3.05, 3.63) is 23.2 Å². The third kappa shape index (κ3) is 3.23. The van der Waals surface area contributed by atoms with E-state index in [0.29, 0.717) is 10.6 Å². The van der Waals surface area contributed by atoms with Crippen LogP contribution in [0.5, 0.6) is 0 Å². The van der Waals surface area contributed by atoms with E-state index in [4.69, 9.17) is 4.84 Å². The molecule has 0 unspecified atom stereocenters. The first-order valence-corrected chi connectivity index (χ1v) is 7.38. The largest absolute Gasteiger partial charge is 0.437 e. The minimum absolute atomic E-state index is 0.0829. The van der Waals surface area contributed by atoms with Gasteiger partial charge in [-0.3, -0.25) is 0 Å². The fourth-order valence-corrected chi connectivity index (χ4v) is 2.91. The Kier molecular flexibility index (Phi) is 3.78. The minimum atomic E-state index is -4.78. The second-order valence-electron chi connectivity index (χ2n) is 4.25. The molecule has 0 aromatic carbocycles. The van der Waals surface area contributed by atoms with E-state index in [1.54, 1.807) is 6.92 Å². The van der Waals surface area contributed by atoms with Gasteiger partial charge in [0.05, 0.1) is 6.42 Å². The lowest BCUT2D eigenvalue weighted by Crippen LogP contribution is -2.18. The number of oxime groups is 1. The molecule has 2 heterocycles. The summed E-state index contributed by atoms with van der Waals surface area (Å²) in [6.45, 7) is 1.63. The van der Waals surface area contributed by atoms with Crippen molar-refractivity contribution in [2.75, 3.05) is 0 Å². The molecule has 11 heteroatoms. The predicted molar refractivity (Wildman–Crippen MR) is 65.5 cm³/mol. The molecule has 1 aliphatic heterocycles. The Labute approximate surface area is 118 Å². The predicted octanol–water partition coefficient (Wildman–Crippen LogP) is 1.39. The Morgan fingerprint density at radius 1 is 1.38 bits per heavy atom. The van der Waals surface area contributed by atoms with Crippen molar-refractivity contribution >= 4 is 14.9 Å². The lowest BCUT2D eigenvalue weighted by Gasteiger charge is -2.04. The summed E-state index contributed by atoms with van der Waals surface area (Å²) in [5.41, 5.74) is -1.99. The number of allylic oxidation sites excluding steroid dienone is 2. The number of alkyl halides is 3. The average molecular weight is 324 g/mol. The van der Waals surface area contributed by atoms with E-state index in [2.05, 4.69) is 15.4 Å². The Bertz CT molecular complexity index is 718. The fraction of sp³-hybridized carbons (Fsp3) is 0.500. The third-order valence-electron chi connectivity index (χ3n) is 2.65. The van der Waals surface area contributed by atoms with E-state index >= 15 is 0 Å². The van der Waals surface area contributed by atoms with E-state index < -0.39 is 33.2 Å². The first-order valence-electron chi connectivity index (χ1n) is 5.72. The van der Waals surface area contributed by atoms with Crippen LogP contribution < -0.4 is 0 Å². The van der Waals surface area contributed by atoms with Crippen molar-refractivity contribution in [3.63, 3.8) is 0 Å². The van der Waals surface area contributed by atoms with Gasteiger partial charge in [-0.05, 0) is 13.0 Å². The molecule has 0 radical (unpaired) electrons. The Morgan fingerprint density at radius 2 is 2.05 bits per heavy atom. The van der Waals surface area contributed by atoms with Crippen LogP contribution >= 0.6 is 0 Å². The number of aromatic nitrogens is 3. The number of nitrogens with zero attached hydrogens (tertiary/aromatic N) is 4. The molecule has 0 aliphatic carbocycles. The van der Waals surface area contributed by atoms with Crippen molar-refractivity contribution in [1.29, 1.82) is 0 Å². The molecule has 7 nitrogen and oxygen atoms in total.